The van der Waals surface area contributed by atoms with Crippen molar-refractivity contribution in [1.82, 2.24) is 4.98 Å². The van der Waals surface area contributed by atoms with Gasteiger partial charge in [-0.25, -0.2) is 4.98 Å². The average molecular weight is 375 g/mol. The summed E-state index contributed by atoms with van der Waals surface area (Å²) in [4.78, 5) is 16.8. The van der Waals surface area contributed by atoms with Crippen LogP contribution >= 0.6 is 0 Å². The Morgan fingerprint density at radius 2 is 1.71 bits per heavy atom. The Hall–Kier alpha value is -3.34. The fraction of sp³-hybridized carbons (Fsp3) is 0.217. The topological polar surface area (TPSA) is 63.2 Å². The second-order valence-corrected chi connectivity index (χ2v) is 6.72. The van der Waals surface area contributed by atoms with Crippen molar-refractivity contribution in [3.63, 3.8) is 0 Å². The predicted molar refractivity (Wildman–Crippen MR) is 114 cm³/mol. The maximum atomic E-state index is 12.5. The first-order valence-electron chi connectivity index (χ1n) is 9.43. The molecule has 3 rings (SSSR count). The standard InChI is InChI=1S/C23H25N3O2/c1-4-28-22-8-6-5-7-20(22)26-23(27)21-14-13-19(15-24-21)25-18-11-9-17(10-12-18)16(2)3/h5-16,25H,4H2,1-3H3,(H,26,27). The van der Waals surface area contributed by atoms with Gasteiger partial charge in [0.25, 0.3) is 5.91 Å². The smallest absolute Gasteiger partial charge is 0.274 e. The van der Waals surface area contributed by atoms with Crippen LogP contribution in [0.1, 0.15) is 42.7 Å². The van der Waals surface area contributed by atoms with Crippen LogP contribution in [0.25, 0.3) is 0 Å². The molecule has 144 valence electrons. The van der Waals surface area contributed by atoms with E-state index in [0.29, 0.717) is 29.7 Å². The lowest BCUT2D eigenvalue weighted by Gasteiger charge is -2.11. The van der Waals surface area contributed by atoms with Gasteiger partial charge in [0.2, 0.25) is 0 Å². The van der Waals surface area contributed by atoms with Gasteiger partial charge in [0.05, 0.1) is 24.2 Å². The molecule has 0 aliphatic carbocycles. The summed E-state index contributed by atoms with van der Waals surface area (Å²) in [6, 6.07) is 19.2. The summed E-state index contributed by atoms with van der Waals surface area (Å²) in [5.41, 5.74) is 4.07. The summed E-state index contributed by atoms with van der Waals surface area (Å²) in [7, 11) is 0. The van der Waals surface area contributed by atoms with Gasteiger partial charge in [-0.05, 0) is 54.8 Å². The van der Waals surface area contributed by atoms with Crippen molar-refractivity contribution in [2.75, 3.05) is 17.2 Å². The minimum atomic E-state index is -0.278. The molecule has 0 aliphatic heterocycles. The molecule has 28 heavy (non-hydrogen) atoms. The van der Waals surface area contributed by atoms with Crippen LogP contribution in [-0.2, 0) is 0 Å². The zero-order valence-electron chi connectivity index (χ0n) is 16.4. The summed E-state index contributed by atoms with van der Waals surface area (Å²) in [6.07, 6.45) is 1.65. The normalized spacial score (nSPS) is 10.6. The Bertz CT molecular complexity index is 919. The van der Waals surface area contributed by atoms with Gasteiger partial charge in [0.1, 0.15) is 11.4 Å². The third kappa shape index (κ3) is 4.88. The van der Waals surface area contributed by atoms with E-state index >= 15 is 0 Å². The van der Waals surface area contributed by atoms with Crippen molar-refractivity contribution < 1.29 is 9.53 Å². The second kappa shape index (κ2) is 9.04. The first-order valence-corrected chi connectivity index (χ1v) is 9.43. The van der Waals surface area contributed by atoms with Crippen molar-refractivity contribution in [2.45, 2.75) is 26.7 Å². The number of carbonyl (C=O) groups excluding carboxylic acids is 1. The number of ether oxygens (including phenoxy) is 1. The van der Waals surface area contributed by atoms with Crippen molar-refractivity contribution in [3.05, 3.63) is 78.1 Å². The molecule has 0 saturated carbocycles. The van der Waals surface area contributed by atoms with E-state index in [0.717, 1.165) is 11.4 Å². The molecule has 3 aromatic rings. The van der Waals surface area contributed by atoms with E-state index in [4.69, 9.17) is 4.74 Å². The van der Waals surface area contributed by atoms with Gasteiger partial charge in [-0.2, -0.15) is 0 Å². The van der Waals surface area contributed by atoms with Gasteiger partial charge in [0.15, 0.2) is 0 Å². The molecule has 0 aliphatic rings. The number of amides is 1. The summed E-state index contributed by atoms with van der Waals surface area (Å²) in [6.45, 7) is 6.78. The molecule has 5 nitrogen and oxygen atoms in total. The predicted octanol–water partition coefficient (Wildman–Crippen LogP) is 5.60. The highest BCUT2D eigenvalue weighted by Crippen LogP contribution is 2.24. The molecule has 0 fully saturated rings. The first kappa shape index (κ1) is 19.4. The number of anilines is 3. The number of carbonyl (C=O) groups is 1. The number of nitrogens with one attached hydrogen (secondary N) is 2. The van der Waals surface area contributed by atoms with E-state index in [1.54, 1.807) is 18.3 Å². The Labute approximate surface area is 165 Å². The van der Waals surface area contributed by atoms with Crippen molar-refractivity contribution in [2.24, 2.45) is 0 Å². The van der Waals surface area contributed by atoms with Gasteiger partial charge in [-0.15, -0.1) is 0 Å². The zero-order chi connectivity index (χ0) is 19.9. The number of hydrogen-bond acceptors (Lipinski definition) is 4. The molecule has 0 atom stereocenters. The maximum Gasteiger partial charge on any atom is 0.274 e. The number of hydrogen-bond donors (Lipinski definition) is 2. The highest BCUT2D eigenvalue weighted by atomic mass is 16.5. The van der Waals surface area contributed by atoms with Gasteiger partial charge < -0.3 is 15.4 Å². The first-order chi connectivity index (χ1) is 13.6. The van der Waals surface area contributed by atoms with Crippen LogP contribution in [0.2, 0.25) is 0 Å². The molecule has 0 radical (unpaired) electrons. The van der Waals surface area contributed by atoms with Crippen molar-refractivity contribution >= 4 is 23.0 Å². The minimum Gasteiger partial charge on any atom is -0.492 e. The summed E-state index contributed by atoms with van der Waals surface area (Å²) in [5.74, 6) is 0.864. The number of aromatic nitrogens is 1. The molecular weight excluding hydrogens is 350 g/mol. The van der Waals surface area contributed by atoms with Crippen LogP contribution in [0.3, 0.4) is 0 Å². The van der Waals surface area contributed by atoms with Crippen LogP contribution in [-0.4, -0.2) is 17.5 Å². The van der Waals surface area contributed by atoms with Gasteiger partial charge in [0, 0.05) is 5.69 Å². The highest BCUT2D eigenvalue weighted by molar-refractivity contribution is 6.03. The van der Waals surface area contributed by atoms with Crippen LogP contribution in [0.4, 0.5) is 17.1 Å². The molecule has 1 aromatic heterocycles. The third-order valence-electron chi connectivity index (χ3n) is 4.30. The average Bonchev–Trinajstić information content (AvgIpc) is 2.70. The van der Waals surface area contributed by atoms with E-state index in [2.05, 4.69) is 41.6 Å². The van der Waals surface area contributed by atoms with E-state index in [-0.39, 0.29) is 5.91 Å². The van der Waals surface area contributed by atoms with Crippen LogP contribution in [0, 0.1) is 0 Å². The van der Waals surface area contributed by atoms with Crippen LogP contribution in [0.15, 0.2) is 66.9 Å². The molecule has 0 unspecified atom stereocenters. The van der Waals surface area contributed by atoms with Gasteiger partial charge in [-0.3, -0.25) is 4.79 Å². The molecular formula is C23H25N3O2. The molecule has 1 amide bonds. The molecule has 5 heteroatoms. The molecule has 0 bridgehead atoms. The van der Waals surface area contributed by atoms with E-state index in [9.17, 15) is 4.79 Å². The Morgan fingerprint density at radius 3 is 2.36 bits per heavy atom. The van der Waals surface area contributed by atoms with E-state index < -0.39 is 0 Å². The Morgan fingerprint density at radius 1 is 1.00 bits per heavy atom. The molecule has 0 spiro atoms. The van der Waals surface area contributed by atoms with Crippen LogP contribution < -0.4 is 15.4 Å². The molecule has 2 aromatic carbocycles. The largest absolute Gasteiger partial charge is 0.492 e. The number of para-hydroxylation sites is 2. The Balaban J connectivity index is 1.66. The number of pyridine rings is 1. The highest BCUT2D eigenvalue weighted by Gasteiger charge is 2.11. The maximum absolute atomic E-state index is 12.5. The van der Waals surface area contributed by atoms with Gasteiger partial charge >= 0.3 is 0 Å². The number of benzene rings is 2. The second-order valence-electron chi connectivity index (χ2n) is 6.72. The van der Waals surface area contributed by atoms with Crippen LogP contribution in [0.5, 0.6) is 5.75 Å². The quantitative estimate of drug-likeness (QED) is 0.564. The lowest BCUT2D eigenvalue weighted by Crippen LogP contribution is -2.14. The molecule has 2 N–H and O–H groups in total. The lowest BCUT2D eigenvalue weighted by atomic mass is 10.0. The molecule has 1 heterocycles. The van der Waals surface area contributed by atoms with Crippen molar-refractivity contribution in [1.29, 1.82) is 0 Å². The molecule has 0 saturated heterocycles. The summed E-state index contributed by atoms with van der Waals surface area (Å²) in [5, 5.41) is 6.15. The van der Waals surface area contributed by atoms with Crippen molar-refractivity contribution in [3.8, 4) is 5.75 Å². The fourth-order valence-electron chi connectivity index (χ4n) is 2.76. The number of rotatable bonds is 7. The number of nitrogens with zero attached hydrogens (tertiary/aromatic N) is 1. The lowest BCUT2D eigenvalue weighted by molar-refractivity contribution is 0.102. The zero-order valence-corrected chi connectivity index (χ0v) is 16.4. The van der Waals surface area contributed by atoms with E-state index in [1.165, 1.54) is 5.56 Å². The monoisotopic (exact) mass is 375 g/mol. The minimum absolute atomic E-state index is 0.278. The third-order valence-corrected chi connectivity index (χ3v) is 4.30. The van der Waals surface area contributed by atoms with Gasteiger partial charge in [-0.1, -0.05) is 38.1 Å². The summed E-state index contributed by atoms with van der Waals surface area (Å²) < 4.78 is 5.54. The van der Waals surface area contributed by atoms with E-state index in [1.807, 2.05) is 43.3 Å². The SMILES string of the molecule is CCOc1ccccc1NC(=O)c1ccc(Nc2ccc(C(C)C)cc2)cn1. The summed E-state index contributed by atoms with van der Waals surface area (Å²) >= 11 is 0. The fourth-order valence-corrected chi connectivity index (χ4v) is 2.76. The Kier molecular flexibility index (Phi) is 6.27.